The summed E-state index contributed by atoms with van der Waals surface area (Å²) in [4.78, 5) is 2.54. The van der Waals surface area contributed by atoms with Gasteiger partial charge in [-0.05, 0) is 54.5 Å². The molecule has 0 radical (unpaired) electrons. The third kappa shape index (κ3) is 3.76. The van der Waals surface area contributed by atoms with Gasteiger partial charge in [-0.15, -0.1) is 0 Å². The van der Waals surface area contributed by atoms with Crippen molar-refractivity contribution in [1.82, 2.24) is 5.32 Å². The Hall–Kier alpha value is -1.02. The van der Waals surface area contributed by atoms with E-state index in [9.17, 15) is 0 Å². The molecule has 1 N–H and O–H groups in total. The van der Waals surface area contributed by atoms with E-state index in [-0.39, 0.29) is 0 Å². The van der Waals surface area contributed by atoms with Gasteiger partial charge < -0.3 is 10.2 Å². The molecule has 0 amide bonds. The second-order valence-corrected chi connectivity index (χ2v) is 7.00. The predicted octanol–water partition coefficient (Wildman–Crippen LogP) is 3.83. The number of hydrogen-bond acceptors (Lipinski definition) is 2. The SMILES string of the molecule is Cc1cc(N2CC(C)C(C)C2)ccc1CNCC(C)C. The van der Waals surface area contributed by atoms with Crippen LogP contribution in [0.4, 0.5) is 5.69 Å². The van der Waals surface area contributed by atoms with E-state index in [0.29, 0.717) is 5.92 Å². The molecule has 0 spiro atoms. The molecule has 1 saturated heterocycles. The third-order valence-corrected chi connectivity index (χ3v) is 4.55. The molecule has 0 saturated carbocycles. The molecule has 0 bridgehead atoms. The molecule has 1 aliphatic heterocycles. The second-order valence-electron chi connectivity index (χ2n) is 7.00. The first kappa shape index (κ1) is 15.4. The van der Waals surface area contributed by atoms with Crippen LogP contribution in [0.25, 0.3) is 0 Å². The fourth-order valence-corrected chi connectivity index (χ4v) is 2.91. The van der Waals surface area contributed by atoms with E-state index in [1.165, 1.54) is 29.9 Å². The zero-order chi connectivity index (χ0) is 14.7. The van der Waals surface area contributed by atoms with Gasteiger partial charge in [0.2, 0.25) is 0 Å². The van der Waals surface area contributed by atoms with Gasteiger partial charge in [0.15, 0.2) is 0 Å². The van der Waals surface area contributed by atoms with Crippen molar-refractivity contribution >= 4 is 5.69 Å². The number of anilines is 1. The van der Waals surface area contributed by atoms with Crippen molar-refractivity contribution in [3.05, 3.63) is 29.3 Å². The zero-order valence-corrected chi connectivity index (χ0v) is 13.7. The number of aryl methyl sites for hydroxylation is 1. The zero-order valence-electron chi connectivity index (χ0n) is 13.7. The molecule has 2 rings (SSSR count). The van der Waals surface area contributed by atoms with Crippen LogP contribution in [0, 0.1) is 24.7 Å². The third-order valence-electron chi connectivity index (χ3n) is 4.55. The van der Waals surface area contributed by atoms with E-state index in [2.05, 4.69) is 63.0 Å². The molecule has 2 unspecified atom stereocenters. The predicted molar refractivity (Wildman–Crippen MR) is 88.3 cm³/mol. The Labute approximate surface area is 124 Å². The number of nitrogens with zero attached hydrogens (tertiary/aromatic N) is 1. The van der Waals surface area contributed by atoms with Crippen molar-refractivity contribution in [2.75, 3.05) is 24.5 Å². The summed E-state index contributed by atoms with van der Waals surface area (Å²) in [5, 5.41) is 3.53. The standard InChI is InChI=1S/C18H30N2/c1-13(2)9-19-10-17-6-7-18(8-14(17)3)20-11-15(4)16(5)12-20/h6-8,13,15-16,19H,9-12H2,1-5H3. The molecule has 0 aromatic heterocycles. The summed E-state index contributed by atoms with van der Waals surface area (Å²) in [5.41, 5.74) is 4.23. The largest absolute Gasteiger partial charge is 0.371 e. The molecule has 112 valence electrons. The van der Waals surface area contributed by atoms with Crippen LogP contribution < -0.4 is 10.2 Å². The Kier molecular flexibility index (Phi) is 5.09. The van der Waals surface area contributed by atoms with Crippen LogP contribution in [0.1, 0.15) is 38.8 Å². The average molecular weight is 274 g/mol. The van der Waals surface area contributed by atoms with Crippen LogP contribution in [0.15, 0.2) is 18.2 Å². The number of rotatable bonds is 5. The van der Waals surface area contributed by atoms with Gasteiger partial charge in [-0.2, -0.15) is 0 Å². The minimum absolute atomic E-state index is 0.710. The van der Waals surface area contributed by atoms with Crippen LogP contribution in [-0.2, 0) is 6.54 Å². The molecule has 1 aromatic rings. The summed E-state index contributed by atoms with van der Waals surface area (Å²) in [5.74, 6) is 2.33. The van der Waals surface area contributed by atoms with Crippen LogP contribution >= 0.6 is 0 Å². The van der Waals surface area contributed by atoms with Crippen molar-refractivity contribution in [2.45, 2.75) is 41.2 Å². The lowest BCUT2D eigenvalue weighted by atomic mass is 10.0. The molecule has 2 nitrogen and oxygen atoms in total. The van der Waals surface area contributed by atoms with Gasteiger partial charge in [0.25, 0.3) is 0 Å². The number of hydrogen-bond donors (Lipinski definition) is 1. The van der Waals surface area contributed by atoms with E-state index < -0.39 is 0 Å². The van der Waals surface area contributed by atoms with Gasteiger partial charge in [-0.25, -0.2) is 0 Å². The molecule has 0 aliphatic carbocycles. The Balaban J connectivity index is 1.99. The van der Waals surface area contributed by atoms with Gasteiger partial charge in [-0.3, -0.25) is 0 Å². The topological polar surface area (TPSA) is 15.3 Å². The van der Waals surface area contributed by atoms with E-state index in [0.717, 1.165) is 24.9 Å². The highest BCUT2D eigenvalue weighted by Gasteiger charge is 2.26. The fourth-order valence-electron chi connectivity index (χ4n) is 2.91. The summed E-state index contributed by atoms with van der Waals surface area (Å²) in [6.45, 7) is 15.9. The van der Waals surface area contributed by atoms with E-state index in [4.69, 9.17) is 0 Å². The average Bonchev–Trinajstić information content (AvgIpc) is 2.71. The highest BCUT2D eigenvalue weighted by atomic mass is 15.2. The Morgan fingerprint density at radius 2 is 1.85 bits per heavy atom. The highest BCUT2D eigenvalue weighted by molar-refractivity contribution is 5.51. The monoisotopic (exact) mass is 274 g/mol. The van der Waals surface area contributed by atoms with Gasteiger partial charge >= 0.3 is 0 Å². The van der Waals surface area contributed by atoms with Crippen LogP contribution in [0.3, 0.4) is 0 Å². The molecule has 1 aliphatic rings. The minimum atomic E-state index is 0.710. The van der Waals surface area contributed by atoms with Crippen LogP contribution in [0.5, 0.6) is 0 Å². The molecule has 1 fully saturated rings. The van der Waals surface area contributed by atoms with Crippen molar-refractivity contribution in [3.8, 4) is 0 Å². The normalized spacial score (nSPS) is 22.8. The fraction of sp³-hybridized carbons (Fsp3) is 0.667. The maximum absolute atomic E-state index is 3.53. The lowest BCUT2D eigenvalue weighted by molar-refractivity contribution is 0.494. The Bertz CT molecular complexity index is 429. The van der Waals surface area contributed by atoms with E-state index in [1.54, 1.807) is 0 Å². The molecule has 1 heterocycles. The van der Waals surface area contributed by atoms with Crippen LogP contribution in [0.2, 0.25) is 0 Å². The Morgan fingerprint density at radius 3 is 2.40 bits per heavy atom. The van der Waals surface area contributed by atoms with E-state index in [1.807, 2.05) is 0 Å². The van der Waals surface area contributed by atoms with Crippen molar-refractivity contribution in [2.24, 2.45) is 17.8 Å². The van der Waals surface area contributed by atoms with Gasteiger partial charge in [0, 0.05) is 25.3 Å². The lowest BCUT2D eigenvalue weighted by Gasteiger charge is -2.20. The van der Waals surface area contributed by atoms with Crippen LogP contribution in [-0.4, -0.2) is 19.6 Å². The van der Waals surface area contributed by atoms with Gasteiger partial charge in [0.05, 0.1) is 0 Å². The van der Waals surface area contributed by atoms with Gasteiger partial charge in [0.1, 0.15) is 0 Å². The lowest BCUT2D eigenvalue weighted by Crippen LogP contribution is -2.21. The van der Waals surface area contributed by atoms with Crippen molar-refractivity contribution < 1.29 is 0 Å². The molecule has 1 aromatic carbocycles. The van der Waals surface area contributed by atoms with Crippen molar-refractivity contribution in [1.29, 1.82) is 0 Å². The smallest absolute Gasteiger partial charge is 0.0369 e. The molecule has 2 heteroatoms. The maximum atomic E-state index is 3.53. The van der Waals surface area contributed by atoms with Crippen molar-refractivity contribution in [3.63, 3.8) is 0 Å². The summed E-state index contributed by atoms with van der Waals surface area (Å²) in [7, 11) is 0. The molecule has 2 atom stereocenters. The minimum Gasteiger partial charge on any atom is -0.371 e. The summed E-state index contributed by atoms with van der Waals surface area (Å²) in [6, 6.07) is 6.95. The molecule has 20 heavy (non-hydrogen) atoms. The first-order valence-corrected chi connectivity index (χ1v) is 8.02. The second kappa shape index (κ2) is 6.62. The molecular formula is C18H30N2. The maximum Gasteiger partial charge on any atom is 0.0369 e. The summed E-state index contributed by atoms with van der Waals surface area (Å²) in [6.07, 6.45) is 0. The Morgan fingerprint density at radius 1 is 1.20 bits per heavy atom. The number of nitrogens with one attached hydrogen (secondary N) is 1. The number of benzene rings is 1. The first-order valence-electron chi connectivity index (χ1n) is 8.02. The summed E-state index contributed by atoms with van der Waals surface area (Å²) < 4.78 is 0. The quantitative estimate of drug-likeness (QED) is 0.878. The first-order chi connectivity index (χ1) is 9.47. The highest BCUT2D eigenvalue weighted by Crippen LogP contribution is 2.28. The van der Waals surface area contributed by atoms with Gasteiger partial charge in [-0.1, -0.05) is 33.8 Å². The van der Waals surface area contributed by atoms with E-state index >= 15 is 0 Å². The summed E-state index contributed by atoms with van der Waals surface area (Å²) >= 11 is 0. The molecular weight excluding hydrogens is 244 g/mol.